The first-order valence-corrected chi connectivity index (χ1v) is 7.19. The van der Waals surface area contributed by atoms with E-state index < -0.39 is 9.84 Å². The molecule has 2 rings (SSSR count). The summed E-state index contributed by atoms with van der Waals surface area (Å²) in [5, 5.41) is 0. The number of hydrogen-bond acceptors (Lipinski definition) is 2. The van der Waals surface area contributed by atoms with E-state index in [-0.39, 0.29) is 0 Å². The van der Waals surface area contributed by atoms with Crippen molar-refractivity contribution in [3.05, 3.63) is 65.7 Å². The maximum absolute atomic E-state index is 11.3. The van der Waals surface area contributed by atoms with Gasteiger partial charge in [0, 0.05) is 6.26 Å². The van der Waals surface area contributed by atoms with Crippen molar-refractivity contribution in [3.8, 4) is 0 Å². The SMILES string of the molecule is CS(=O)(=O)c1c[c]c(Cc2ccccc2)cc1. The summed E-state index contributed by atoms with van der Waals surface area (Å²) in [6.45, 7) is 0. The van der Waals surface area contributed by atoms with Crippen LogP contribution in [0.3, 0.4) is 0 Å². The Bertz CT molecular complexity index is 584. The van der Waals surface area contributed by atoms with E-state index in [1.165, 1.54) is 17.9 Å². The summed E-state index contributed by atoms with van der Waals surface area (Å²) in [7, 11) is -3.12. The molecule has 2 aromatic rings. The van der Waals surface area contributed by atoms with Crippen molar-refractivity contribution >= 4 is 9.84 Å². The quantitative estimate of drug-likeness (QED) is 0.832. The van der Waals surface area contributed by atoms with E-state index in [0.717, 1.165) is 12.0 Å². The summed E-state index contributed by atoms with van der Waals surface area (Å²) in [5.41, 5.74) is 2.18. The fraction of sp³-hybridized carbons (Fsp3) is 0.143. The number of benzene rings is 2. The highest BCUT2D eigenvalue weighted by Crippen LogP contribution is 2.13. The third-order valence-corrected chi connectivity index (χ3v) is 3.62. The van der Waals surface area contributed by atoms with Crippen LogP contribution in [-0.4, -0.2) is 14.7 Å². The molecule has 0 fully saturated rings. The first-order valence-electron chi connectivity index (χ1n) is 5.30. The van der Waals surface area contributed by atoms with Crippen LogP contribution in [0.25, 0.3) is 0 Å². The van der Waals surface area contributed by atoms with Gasteiger partial charge in [-0.3, -0.25) is 0 Å². The lowest BCUT2D eigenvalue weighted by Crippen LogP contribution is -1.97. The van der Waals surface area contributed by atoms with E-state index in [1.54, 1.807) is 6.07 Å². The van der Waals surface area contributed by atoms with Gasteiger partial charge in [-0.15, -0.1) is 0 Å². The third kappa shape index (κ3) is 3.17. The van der Waals surface area contributed by atoms with E-state index in [4.69, 9.17) is 0 Å². The highest BCUT2D eigenvalue weighted by Gasteiger charge is 2.06. The molecule has 0 atom stereocenters. The Morgan fingerprint density at radius 1 is 1.06 bits per heavy atom. The van der Waals surface area contributed by atoms with Crippen LogP contribution >= 0.6 is 0 Å². The van der Waals surface area contributed by atoms with Crippen LogP contribution in [0, 0.1) is 6.07 Å². The molecule has 0 N–H and O–H groups in total. The molecule has 2 aromatic carbocycles. The van der Waals surface area contributed by atoms with Gasteiger partial charge in [0.15, 0.2) is 9.84 Å². The van der Waals surface area contributed by atoms with Crippen molar-refractivity contribution in [1.82, 2.24) is 0 Å². The van der Waals surface area contributed by atoms with Gasteiger partial charge in [0.1, 0.15) is 0 Å². The minimum absolute atomic E-state index is 0.314. The Hall–Kier alpha value is -1.61. The van der Waals surface area contributed by atoms with Crippen molar-refractivity contribution in [1.29, 1.82) is 0 Å². The van der Waals surface area contributed by atoms with Gasteiger partial charge in [-0.05, 0) is 35.7 Å². The lowest BCUT2D eigenvalue weighted by Gasteiger charge is -2.02. The maximum Gasteiger partial charge on any atom is 0.175 e. The largest absolute Gasteiger partial charge is 0.224 e. The third-order valence-electron chi connectivity index (χ3n) is 2.51. The van der Waals surface area contributed by atoms with Gasteiger partial charge in [0.2, 0.25) is 0 Å². The van der Waals surface area contributed by atoms with E-state index in [9.17, 15) is 8.42 Å². The lowest BCUT2D eigenvalue weighted by molar-refractivity contribution is 0.602. The van der Waals surface area contributed by atoms with Crippen molar-refractivity contribution in [2.24, 2.45) is 0 Å². The molecule has 0 spiro atoms. The summed E-state index contributed by atoms with van der Waals surface area (Å²) in [5.74, 6) is 0. The first-order chi connectivity index (χ1) is 8.05. The topological polar surface area (TPSA) is 34.1 Å². The highest BCUT2D eigenvalue weighted by atomic mass is 32.2. The molecule has 0 amide bonds. The van der Waals surface area contributed by atoms with Gasteiger partial charge in [0.25, 0.3) is 0 Å². The Kier molecular flexibility index (Phi) is 3.29. The zero-order chi connectivity index (χ0) is 12.3. The minimum Gasteiger partial charge on any atom is -0.224 e. The molecule has 0 bridgehead atoms. The molecule has 1 radical (unpaired) electrons. The molecule has 87 valence electrons. The van der Waals surface area contributed by atoms with Gasteiger partial charge in [0.05, 0.1) is 4.90 Å². The molecule has 0 unspecified atom stereocenters. The first kappa shape index (κ1) is 11.9. The van der Waals surface area contributed by atoms with Gasteiger partial charge < -0.3 is 0 Å². The molecule has 0 aliphatic carbocycles. The van der Waals surface area contributed by atoms with Crippen molar-refractivity contribution in [2.75, 3.05) is 6.26 Å². The Balaban J connectivity index is 2.20. The minimum atomic E-state index is -3.12. The predicted octanol–water partition coefficient (Wildman–Crippen LogP) is 2.48. The average Bonchev–Trinajstić information content (AvgIpc) is 2.30. The van der Waals surface area contributed by atoms with Gasteiger partial charge >= 0.3 is 0 Å². The molecule has 0 saturated carbocycles. The fourth-order valence-electron chi connectivity index (χ4n) is 1.60. The molecule has 0 aliphatic rings. The Labute approximate surface area is 102 Å². The van der Waals surface area contributed by atoms with E-state index in [1.807, 2.05) is 36.4 Å². The van der Waals surface area contributed by atoms with Gasteiger partial charge in [-0.25, -0.2) is 8.42 Å². The molecule has 2 nitrogen and oxygen atoms in total. The number of rotatable bonds is 3. The average molecular weight is 245 g/mol. The molecule has 3 heteroatoms. The van der Waals surface area contributed by atoms with E-state index >= 15 is 0 Å². The van der Waals surface area contributed by atoms with E-state index in [2.05, 4.69) is 6.07 Å². The van der Waals surface area contributed by atoms with Crippen LogP contribution in [-0.2, 0) is 16.3 Å². The molecule has 0 aromatic heterocycles. The monoisotopic (exact) mass is 245 g/mol. The molecular formula is C14H13O2S. The lowest BCUT2D eigenvalue weighted by atomic mass is 10.1. The van der Waals surface area contributed by atoms with E-state index in [0.29, 0.717) is 4.90 Å². The molecule has 0 saturated heterocycles. The second-order valence-electron chi connectivity index (χ2n) is 3.98. The van der Waals surface area contributed by atoms with Crippen LogP contribution in [0.1, 0.15) is 11.1 Å². The summed E-state index contributed by atoms with van der Waals surface area (Å²) in [6, 6.07) is 18.0. The summed E-state index contributed by atoms with van der Waals surface area (Å²) < 4.78 is 22.6. The van der Waals surface area contributed by atoms with Crippen LogP contribution < -0.4 is 0 Å². The van der Waals surface area contributed by atoms with Crippen molar-refractivity contribution in [3.63, 3.8) is 0 Å². The standard InChI is InChI=1S/C14H13O2S/c1-17(15,16)14-9-7-13(8-10-14)11-12-5-3-2-4-6-12/h2-7,9-10H,11H2,1H3. The zero-order valence-corrected chi connectivity index (χ0v) is 10.4. The summed E-state index contributed by atoms with van der Waals surface area (Å²) in [4.78, 5) is 0.314. The molecule has 17 heavy (non-hydrogen) atoms. The van der Waals surface area contributed by atoms with Gasteiger partial charge in [-0.1, -0.05) is 36.4 Å². The summed E-state index contributed by atoms with van der Waals surface area (Å²) >= 11 is 0. The highest BCUT2D eigenvalue weighted by molar-refractivity contribution is 7.90. The molecule has 0 aliphatic heterocycles. The van der Waals surface area contributed by atoms with Crippen LogP contribution in [0.5, 0.6) is 0 Å². The number of hydrogen-bond donors (Lipinski definition) is 0. The molecule has 0 heterocycles. The summed E-state index contributed by atoms with van der Waals surface area (Å²) in [6.07, 6.45) is 1.97. The number of sulfone groups is 1. The maximum atomic E-state index is 11.3. The smallest absolute Gasteiger partial charge is 0.175 e. The predicted molar refractivity (Wildman–Crippen MR) is 67.6 cm³/mol. The van der Waals surface area contributed by atoms with Gasteiger partial charge in [-0.2, -0.15) is 0 Å². The van der Waals surface area contributed by atoms with Crippen molar-refractivity contribution in [2.45, 2.75) is 11.3 Å². The zero-order valence-electron chi connectivity index (χ0n) is 9.55. The Morgan fingerprint density at radius 3 is 2.29 bits per heavy atom. The van der Waals surface area contributed by atoms with Crippen LogP contribution in [0.2, 0.25) is 0 Å². The second-order valence-corrected chi connectivity index (χ2v) is 6.00. The van der Waals surface area contributed by atoms with Crippen molar-refractivity contribution < 1.29 is 8.42 Å². The normalized spacial score (nSPS) is 11.4. The fourth-order valence-corrected chi connectivity index (χ4v) is 2.19. The van der Waals surface area contributed by atoms with Crippen LogP contribution in [0.4, 0.5) is 0 Å². The second kappa shape index (κ2) is 4.72. The molecular weight excluding hydrogens is 232 g/mol. The van der Waals surface area contributed by atoms with Crippen LogP contribution in [0.15, 0.2) is 53.4 Å². The Morgan fingerprint density at radius 2 is 1.76 bits per heavy atom.